The lowest BCUT2D eigenvalue weighted by atomic mass is 10.0. The van der Waals surface area contributed by atoms with E-state index in [0.29, 0.717) is 0 Å². The number of aromatic hydroxyl groups is 1. The van der Waals surface area contributed by atoms with E-state index in [4.69, 9.17) is 11.5 Å². The highest BCUT2D eigenvalue weighted by atomic mass is 35.5. The first-order valence-corrected chi connectivity index (χ1v) is 4.22. The smallest absolute Gasteiger partial charge is 0.416 e. The first-order valence-electron chi connectivity index (χ1n) is 4.22. The summed E-state index contributed by atoms with van der Waals surface area (Å²) in [5, 5.41) is 9.30. The van der Waals surface area contributed by atoms with Gasteiger partial charge in [-0.2, -0.15) is 13.2 Å². The maximum absolute atomic E-state index is 12.3. The first-order chi connectivity index (χ1) is 6.86. The summed E-state index contributed by atoms with van der Waals surface area (Å²) in [4.78, 5) is 0. The molecule has 16 heavy (non-hydrogen) atoms. The van der Waals surface area contributed by atoms with E-state index < -0.39 is 17.8 Å². The maximum atomic E-state index is 12.3. The van der Waals surface area contributed by atoms with Crippen molar-refractivity contribution in [2.45, 2.75) is 12.2 Å². The Hall–Kier alpha value is -0.980. The molecular weight excluding hydrogens is 245 g/mol. The molecule has 0 heterocycles. The van der Waals surface area contributed by atoms with Gasteiger partial charge < -0.3 is 16.6 Å². The third-order valence-corrected chi connectivity index (χ3v) is 2.01. The SMILES string of the molecule is Cl.NC[C@H](N)c1cc(C(F)(F)F)ccc1O. The summed E-state index contributed by atoms with van der Waals surface area (Å²) in [5.74, 6) is -0.277. The predicted molar refractivity (Wildman–Crippen MR) is 56.3 cm³/mol. The molecule has 1 aromatic rings. The van der Waals surface area contributed by atoms with E-state index in [2.05, 4.69) is 0 Å². The topological polar surface area (TPSA) is 72.3 Å². The van der Waals surface area contributed by atoms with Crippen molar-refractivity contribution in [3.63, 3.8) is 0 Å². The van der Waals surface area contributed by atoms with Crippen LogP contribution in [0.4, 0.5) is 13.2 Å². The van der Waals surface area contributed by atoms with Crippen LogP contribution in [0, 0.1) is 0 Å². The van der Waals surface area contributed by atoms with Gasteiger partial charge in [-0.05, 0) is 18.2 Å². The van der Waals surface area contributed by atoms with Crippen LogP contribution in [0.15, 0.2) is 18.2 Å². The van der Waals surface area contributed by atoms with Gasteiger partial charge in [0, 0.05) is 18.2 Å². The molecule has 3 nitrogen and oxygen atoms in total. The molecule has 0 aliphatic rings. The molecule has 0 amide bonds. The Morgan fingerprint density at radius 2 is 1.88 bits per heavy atom. The Bertz CT molecular complexity index is 357. The molecule has 1 atom stereocenters. The van der Waals surface area contributed by atoms with Crippen molar-refractivity contribution in [2.75, 3.05) is 6.54 Å². The highest BCUT2D eigenvalue weighted by Crippen LogP contribution is 2.33. The van der Waals surface area contributed by atoms with Gasteiger partial charge in [-0.3, -0.25) is 0 Å². The molecule has 0 saturated carbocycles. The molecule has 7 heteroatoms. The Morgan fingerprint density at radius 1 is 1.31 bits per heavy atom. The van der Waals surface area contributed by atoms with Crippen molar-refractivity contribution in [3.8, 4) is 5.75 Å². The molecule has 0 unspecified atom stereocenters. The molecule has 0 aliphatic carbocycles. The normalized spacial score (nSPS) is 13.1. The fourth-order valence-corrected chi connectivity index (χ4v) is 1.15. The minimum atomic E-state index is -4.45. The molecule has 1 aromatic carbocycles. The maximum Gasteiger partial charge on any atom is 0.416 e. The zero-order valence-electron chi connectivity index (χ0n) is 8.16. The molecular formula is C9H12ClF3N2O. The minimum absolute atomic E-state index is 0. The number of alkyl halides is 3. The van der Waals surface area contributed by atoms with Gasteiger partial charge in [0.15, 0.2) is 0 Å². The third-order valence-electron chi connectivity index (χ3n) is 2.01. The van der Waals surface area contributed by atoms with Crippen molar-refractivity contribution < 1.29 is 18.3 Å². The zero-order chi connectivity index (χ0) is 11.6. The highest BCUT2D eigenvalue weighted by Gasteiger charge is 2.31. The number of hydrogen-bond donors (Lipinski definition) is 3. The molecule has 0 fully saturated rings. The summed E-state index contributed by atoms with van der Waals surface area (Å²) < 4.78 is 36.9. The average Bonchev–Trinajstić information content (AvgIpc) is 2.15. The number of hydrogen-bond acceptors (Lipinski definition) is 3. The summed E-state index contributed by atoms with van der Waals surface area (Å²) in [5.41, 5.74) is 9.83. The molecule has 0 aliphatic heterocycles. The van der Waals surface area contributed by atoms with Gasteiger partial charge in [-0.15, -0.1) is 12.4 Å². The lowest BCUT2D eigenvalue weighted by Gasteiger charge is -2.14. The van der Waals surface area contributed by atoms with Gasteiger partial charge >= 0.3 is 6.18 Å². The quantitative estimate of drug-likeness (QED) is 0.755. The largest absolute Gasteiger partial charge is 0.508 e. The standard InChI is InChI=1S/C9H11F3N2O.ClH/c10-9(11,12)5-1-2-8(15)6(3-5)7(14)4-13;/h1-3,7,15H,4,13-14H2;1H/t7-;/m0./s1. The van der Waals surface area contributed by atoms with Crippen molar-refractivity contribution in [1.82, 2.24) is 0 Å². The van der Waals surface area contributed by atoms with Crippen LogP contribution in [0.2, 0.25) is 0 Å². The summed E-state index contributed by atoms with van der Waals surface area (Å²) >= 11 is 0. The van der Waals surface area contributed by atoms with E-state index in [1.165, 1.54) is 0 Å². The first kappa shape index (κ1) is 15.0. The van der Waals surface area contributed by atoms with E-state index >= 15 is 0 Å². The Morgan fingerprint density at radius 3 is 2.31 bits per heavy atom. The summed E-state index contributed by atoms with van der Waals surface area (Å²) in [6, 6.07) is 1.77. The molecule has 92 valence electrons. The average molecular weight is 257 g/mol. The number of rotatable bonds is 2. The van der Waals surface area contributed by atoms with Gasteiger partial charge in [0.1, 0.15) is 5.75 Å². The summed E-state index contributed by atoms with van der Waals surface area (Å²) in [7, 11) is 0. The van der Waals surface area contributed by atoms with E-state index in [1.54, 1.807) is 0 Å². The summed E-state index contributed by atoms with van der Waals surface area (Å²) in [6.45, 7) is -0.0329. The van der Waals surface area contributed by atoms with Crippen LogP contribution in [-0.4, -0.2) is 11.7 Å². The fourth-order valence-electron chi connectivity index (χ4n) is 1.15. The van der Waals surface area contributed by atoms with Crippen molar-refractivity contribution in [1.29, 1.82) is 0 Å². The zero-order valence-corrected chi connectivity index (χ0v) is 8.98. The van der Waals surface area contributed by atoms with Gasteiger partial charge in [0.25, 0.3) is 0 Å². The lowest BCUT2D eigenvalue weighted by Crippen LogP contribution is -2.21. The van der Waals surface area contributed by atoms with E-state index in [-0.39, 0.29) is 30.3 Å². The number of benzene rings is 1. The second kappa shape index (κ2) is 5.38. The number of nitrogens with two attached hydrogens (primary N) is 2. The second-order valence-electron chi connectivity index (χ2n) is 3.11. The van der Waals surface area contributed by atoms with Crippen LogP contribution in [0.3, 0.4) is 0 Å². The molecule has 0 saturated heterocycles. The molecule has 1 rings (SSSR count). The van der Waals surface area contributed by atoms with Crippen molar-refractivity contribution >= 4 is 12.4 Å². The van der Waals surface area contributed by atoms with E-state index in [9.17, 15) is 18.3 Å². The number of phenolic OH excluding ortho intramolecular Hbond substituents is 1. The van der Waals surface area contributed by atoms with E-state index in [0.717, 1.165) is 18.2 Å². The van der Waals surface area contributed by atoms with Gasteiger partial charge in [-0.25, -0.2) is 0 Å². The molecule has 0 radical (unpaired) electrons. The van der Waals surface area contributed by atoms with Crippen molar-refractivity contribution in [2.24, 2.45) is 11.5 Å². The van der Waals surface area contributed by atoms with Crippen LogP contribution in [0.25, 0.3) is 0 Å². The number of phenols is 1. The molecule has 5 N–H and O–H groups in total. The van der Waals surface area contributed by atoms with Crippen molar-refractivity contribution in [3.05, 3.63) is 29.3 Å². The minimum Gasteiger partial charge on any atom is -0.508 e. The van der Waals surface area contributed by atoms with Gasteiger partial charge in [0.05, 0.1) is 5.56 Å². The molecule has 0 aromatic heterocycles. The van der Waals surface area contributed by atoms with Crippen LogP contribution < -0.4 is 11.5 Å². The van der Waals surface area contributed by atoms with Gasteiger partial charge in [-0.1, -0.05) is 0 Å². The Kier molecular flexibility index (Phi) is 5.05. The molecule has 0 bridgehead atoms. The predicted octanol–water partition coefficient (Wildman–Crippen LogP) is 1.79. The fraction of sp³-hybridized carbons (Fsp3) is 0.333. The van der Waals surface area contributed by atoms with Gasteiger partial charge in [0.2, 0.25) is 0 Å². The van der Waals surface area contributed by atoms with Crippen LogP contribution in [0.5, 0.6) is 5.75 Å². The van der Waals surface area contributed by atoms with Crippen LogP contribution in [0.1, 0.15) is 17.2 Å². The van der Waals surface area contributed by atoms with Crippen LogP contribution >= 0.6 is 12.4 Å². The highest BCUT2D eigenvalue weighted by molar-refractivity contribution is 5.85. The van der Waals surface area contributed by atoms with E-state index in [1.807, 2.05) is 0 Å². The number of halogens is 4. The Labute approximate surface area is 96.6 Å². The molecule has 0 spiro atoms. The monoisotopic (exact) mass is 256 g/mol. The third kappa shape index (κ3) is 3.26. The summed E-state index contributed by atoms with van der Waals surface area (Å²) in [6.07, 6.45) is -4.45. The van der Waals surface area contributed by atoms with Crippen LogP contribution in [-0.2, 0) is 6.18 Å². The second-order valence-corrected chi connectivity index (χ2v) is 3.11. The lowest BCUT2D eigenvalue weighted by molar-refractivity contribution is -0.137. The Balaban J connectivity index is 0.00000225.